The molecule has 2 aromatic heterocycles. The van der Waals surface area contributed by atoms with Crippen LogP contribution in [0.5, 0.6) is 0 Å². The number of anilines is 2. The lowest BCUT2D eigenvalue weighted by Gasteiger charge is -2.27. The van der Waals surface area contributed by atoms with Gasteiger partial charge >= 0.3 is 0 Å². The molecular weight excluding hydrogens is 456 g/mol. The van der Waals surface area contributed by atoms with Gasteiger partial charge in [0.1, 0.15) is 11.7 Å². The molecule has 0 radical (unpaired) electrons. The number of non-ortho nitro benzene ring substituents is 1. The summed E-state index contributed by atoms with van der Waals surface area (Å²) in [5, 5.41) is 32.5. The van der Waals surface area contributed by atoms with Crippen molar-refractivity contribution in [3.63, 3.8) is 0 Å². The van der Waals surface area contributed by atoms with Crippen molar-refractivity contribution in [2.24, 2.45) is 0 Å². The number of nitrogens with one attached hydrogen (secondary N) is 2. The molecule has 0 bridgehead atoms. The van der Waals surface area contributed by atoms with E-state index >= 15 is 0 Å². The maximum atomic E-state index is 12.6. The lowest BCUT2D eigenvalue weighted by Crippen LogP contribution is -2.29. The molecular formula is C18H11BrN8O3. The van der Waals surface area contributed by atoms with Crippen molar-refractivity contribution < 1.29 is 4.92 Å². The van der Waals surface area contributed by atoms with Crippen LogP contribution in [0.15, 0.2) is 57.8 Å². The number of nitrogens with zero attached hydrogens (tertiary/aromatic N) is 6. The van der Waals surface area contributed by atoms with Crippen LogP contribution < -0.4 is 10.9 Å². The fraction of sp³-hybridized carbons (Fsp3) is 0.0556. The van der Waals surface area contributed by atoms with Crippen LogP contribution in [0.4, 0.5) is 17.3 Å². The summed E-state index contributed by atoms with van der Waals surface area (Å²) in [7, 11) is 0. The fourth-order valence-electron chi connectivity index (χ4n) is 3.45. The molecule has 0 amide bonds. The van der Waals surface area contributed by atoms with Crippen LogP contribution >= 0.6 is 15.9 Å². The molecule has 2 N–H and O–H groups in total. The number of hydrogen-bond acceptors (Lipinski definition) is 8. The van der Waals surface area contributed by atoms with Gasteiger partial charge in [-0.05, 0) is 40.3 Å². The highest BCUT2D eigenvalue weighted by molar-refractivity contribution is 9.10. The monoisotopic (exact) mass is 466 g/mol. The summed E-state index contributed by atoms with van der Waals surface area (Å²) in [6.45, 7) is 0. The van der Waals surface area contributed by atoms with Gasteiger partial charge in [0.05, 0.1) is 10.6 Å². The van der Waals surface area contributed by atoms with Crippen molar-refractivity contribution in [2.45, 2.75) is 6.04 Å². The number of nitro benzene ring substituents is 1. The van der Waals surface area contributed by atoms with E-state index in [0.717, 1.165) is 10.0 Å². The Morgan fingerprint density at radius 3 is 2.53 bits per heavy atom. The number of fused-ring (bicyclic) bond motifs is 2. The summed E-state index contributed by atoms with van der Waals surface area (Å²) in [6, 6.07) is 12.9. The van der Waals surface area contributed by atoms with E-state index in [1.54, 1.807) is 12.1 Å². The second kappa shape index (κ2) is 6.84. The van der Waals surface area contributed by atoms with Crippen LogP contribution in [0.2, 0.25) is 0 Å². The van der Waals surface area contributed by atoms with E-state index < -0.39 is 16.5 Å². The standard InChI is InChI=1S/C18H11BrN8O3/c19-11-5-1-9(2-6-11)14-13-15(17(28)22-21-14)20-18-23-24-25-26(18)16(13)10-3-7-12(8-4-10)27(29)30/h1-8,16H,(H,22,28)(H,20,23,25)/t16-/m0/s1. The lowest BCUT2D eigenvalue weighted by atomic mass is 9.92. The molecule has 148 valence electrons. The third-order valence-corrected chi connectivity index (χ3v) is 5.33. The van der Waals surface area contributed by atoms with Crippen molar-refractivity contribution in [3.05, 3.63) is 84.6 Å². The van der Waals surface area contributed by atoms with Gasteiger partial charge in [0, 0.05) is 27.7 Å². The Bertz CT molecular complexity index is 1330. The third kappa shape index (κ3) is 2.85. The quantitative estimate of drug-likeness (QED) is 0.305. The van der Waals surface area contributed by atoms with Crippen molar-refractivity contribution in [1.82, 2.24) is 30.4 Å². The predicted octanol–water partition coefficient (Wildman–Crippen LogP) is 2.79. The molecule has 1 atom stereocenters. The summed E-state index contributed by atoms with van der Waals surface area (Å²) in [4.78, 5) is 23.2. The zero-order valence-corrected chi connectivity index (χ0v) is 16.6. The first-order valence-corrected chi connectivity index (χ1v) is 9.50. The molecule has 1 aliphatic heterocycles. The van der Waals surface area contributed by atoms with Crippen LogP contribution in [0.3, 0.4) is 0 Å². The third-order valence-electron chi connectivity index (χ3n) is 4.81. The van der Waals surface area contributed by atoms with Crippen LogP contribution in [-0.4, -0.2) is 35.3 Å². The average molecular weight is 467 g/mol. The largest absolute Gasteiger partial charge is 0.318 e. The number of tetrazole rings is 1. The topological polar surface area (TPSA) is 145 Å². The summed E-state index contributed by atoms with van der Waals surface area (Å²) in [6.07, 6.45) is 0. The van der Waals surface area contributed by atoms with Crippen LogP contribution in [0, 0.1) is 10.1 Å². The highest BCUT2D eigenvalue weighted by Gasteiger charge is 2.34. The Labute approximate surface area is 176 Å². The molecule has 3 heterocycles. The molecule has 30 heavy (non-hydrogen) atoms. The maximum absolute atomic E-state index is 12.6. The van der Waals surface area contributed by atoms with Gasteiger partial charge in [0.2, 0.25) is 5.95 Å². The highest BCUT2D eigenvalue weighted by atomic mass is 79.9. The molecule has 0 fully saturated rings. The number of halogens is 1. The Balaban J connectivity index is 1.77. The molecule has 5 rings (SSSR count). The highest BCUT2D eigenvalue weighted by Crippen LogP contribution is 2.41. The molecule has 0 saturated carbocycles. The van der Waals surface area contributed by atoms with Gasteiger partial charge < -0.3 is 5.32 Å². The first kappa shape index (κ1) is 18.1. The second-order valence-electron chi connectivity index (χ2n) is 6.52. The minimum Gasteiger partial charge on any atom is -0.318 e. The smallest absolute Gasteiger partial charge is 0.288 e. The molecule has 2 aromatic carbocycles. The normalized spacial score (nSPS) is 14.5. The number of H-pyrrole nitrogens is 1. The molecule has 0 aliphatic carbocycles. The van der Waals surface area contributed by atoms with Crippen molar-refractivity contribution in [1.29, 1.82) is 0 Å². The lowest BCUT2D eigenvalue weighted by molar-refractivity contribution is -0.384. The van der Waals surface area contributed by atoms with E-state index in [1.165, 1.54) is 16.8 Å². The van der Waals surface area contributed by atoms with E-state index in [-0.39, 0.29) is 17.3 Å². The first-order valence-electron chi connectivity index (χ1n) is 8.70. The fourth-order valence-corrected chi connectivity index (χ4v) is 3.72. The zero-order valence-electron chi connectivity index (χ0n) is 15.0. The number of nitro groups is 1. The second-order valence-corrected chi connectivity index (χ2v) is 7.44. The van der Waals surface area contributed by atoms with Gasteiger partial charge in [-0.25, -0.2) is 5.10 Å². The van der Waals surface area contributed by atoms with Gasteiger partial charge in [-0.2, -0.15) is 9.78 Å². The van der Waals surface area contributed by atoms with E-state index in [0.29, 0.717) is 16.8 Å². The molecule has 0 saturated heterocycles. The molecule has 0 unspecified atom stereocenters. The van der Waals surface area contributed by atoms with Crippen molar-refractivity contribution >= 4 is 33.3 Å². The van der Waals surface area contributed by atoms with Crippen LogP contribution in [-0.2, 0) is 0 Å². The van der Waals surface area contributed by atoms with Gasteiger partial charge in [-0.3, -0.25) is 14.9 Å². The van der Waals surface area contributed by atoms with E-state index in [4.69, 9.17) is 0 Å². The summed E-state index contributed by atoms with van der Waals surface area (Å²) in [5.74, 6) is 0.282. The number of rotatable bonds is 3. The van der Waals surface area contributed by atoms with Gasteiger partial charge in [0.25, 0.3) is 11.2 Å². The van der Waals surface area contributed by atoms with Gasteiger partial charge in [0.15, 0.2) is 0 Å². The Kier molecular flexibility index (Phi) is 4.13. The average Bonchev–Trinajstić information content (AvgIpc) is 3.22. The minimum absolute atomic E-state index is 0.0398. The SMILES string of the molecule is O=c1[nH]nc(-c2ccc(Br)cc2)c2c1Nc1nnnn1[C@H]2c1ccc([N+](=O)[O-])cc1. The predicted molar refractivity (Wildman–Crippen MR) is 109 cm³/mol. The zero-order chi connectivity index (χ0) is 20.8. The molecule has 11 nitrogen and oxygen atoms in total. The Hall–Kier alpha value is -3.93. The van der Waals surface area contributed by atoms with Gasteiger partial charge in [-0.15, -0.1) is 0 Å². The molecule has 1 aliphatic rings. The van der Waals surface area contributed by atoms with Crippen molar-refractivity contribution in [3.8, 4) is 11.3 Å². The number of benzene rings is 2. The maximum Gasteiger partial charge on any atom is 0.288 e. The summed E-state index contributed by atoms with van der Waals surface area (Å²) < 4.78 is 2.42. The van der Waals surface area contributed by atoms with Gasteiger partial charge in [-0.1, -0.05) is 33.2 Å². The number of aromatic amines is 1. The number of aromatic nitrogens is 6. The minimum atomic E-state index is -0.611. The van der Waals surface area contributed by atoms with Crippen molar-refractivity contribution in [2.75, 3.05) is 5.32 Å². The molecule has 0 spiro atoms. The van der Waals surface area contributed by atoms with Crippen LogP contribution in [0.25, 0.3) is 11.3 Å². The van der Waals surface area contributed by atoms with E-state index in [9.17, 15) is 14.9 Å². The van der Waals surface area contributed by atoms with E-state index in [2.05, 4.69) is 47.0 Å². The molecule has 4 aromatic rings. The number of hydrogen-bond donors (Lipinski definition) is 2. The van der Waals surface area contributed by atoms with E-state index in [1.807, 2.05) is 24.3 Å². The molecule has 12 heteroatoms. The summed E-state index contributed by atoms with van der Waals surface area (Å²) >= 11 is 3.41. The summed E-state index contributed by atoms with van der Waals surface area (Å²) in [5.41, 5.74) is 2.35. The first-order chi connectivity index (χ1) is 14.5. The van der Waals surface area contributed by atoms with Crippen LogP contribution in [0.1, 0.15) is 17.2 Å². The Morgan fingerprint density at radius 2 is 1.83 bits per heavy atom. The Morgan fingerprint density at radius 1 is 1.10 bits per heavy atom.